The van der Waals surface area contributed by atoms with E-state index in [9.17, 15) is 4.79 Å². The van der Waals surface area contributed by atoms with Crippen LogP contribution >= 0.6 is 0 Å². The first-order valence-electron chi connectivity index (χ1n) is 2.65. The molecule has 0 aliphatic rings. The monoisotopic (exact) mass is 123 g/mol. The summed E-state index contributed by atoms with van der Waals surface area (Å²) in [6.45, 7) is 3.23. The van der Waals surface area contributed by atoms with Crippen LogP contribution in [0.15, 0.2) is 23.0 Å². The van der Waals surface area contributed by atoms with E-state index in [4.69, 9.17) is 4.42 Å². The van der Waals surface area contributed by atoms with Crippen LogP contribution in [0.4, 0.5) is 0 Å². The van der Waals surface area contributed by atoms with Gasteiger partial charge in [-0.25, -0.2) is 0 Å². The highest BCUT2D eigenvalue weighted by atomic mass is 16.3. The summed E-state index contributed by atoms with van der Waals surface area (Å²) in [4.78, 5) is 10.4. The molecular weight excluding hydrogens is 116 g/mol. The number of rotatable bonds is 2. The van der Waals surface area contributed by atoms with Crippen molar-refractivity contribution < 1.29 is 9.21 Å². The Labute approximate surface area is 53.5 Å². The van der Waals surface area contributed by atoms with Crippen LogP contribution in [0.1, 0.15) is 5.56 Å². The molecule has 0 saturated heterocycles. The molecule has 0 bridgehead atoms. The molecular formula is C7H7O2. The van der Waals surface area contributed by atoms with Gasteiger partial charge >= 0.3 is 0 Å². The van der Waals surface area contributed by atoms with Crippen molar-refractivity contribution in [3.63, 3.8) is 0 Å². The summed E-state index contributed by atoms with van der Waals surface area (Å²) in [5.41, 5.74) is 0.884. The molecule has 0 aliphatic carbocycles. The lowest BCUT2D eigenvalue weighted by atomic mass is 10.2. The van der Waals surface area contributed by atoms with Gasteiger partial charge < -0.3 is 4.42 Å². The predicted octanol–water partition coefficient (Wildman–Crippen LogP) is 1.23. The van der Waals surface area contributed by atoms with Crippen molar-refractivity contribution in [1.29, 1.82) is 0 Å². The van der Waals surface area contributed by atoms with Crippen molar-refractivity contribution in [3.05, 3.63) is 31.1 Å². The molecule has 1 aromatic heterocycles. The third kappa shape index (κ3) is 1.72. The number of ketones is 1. The maximum atomic E-state index is 10.4. The highest BCUT2D eigenvalue weighted by Crippen LogP contribution is 2.00. The van der Waals surface area contributed by atoms with Crippen LogP contribution in [-0.4, -0.2) is 5.78 Å². The SMILES string of the molecule is [CH2]C(=O)Cc1ccoc1. The minimum Gasteiger partial charge on any atom is -0.472 e. The standard InChI is InChI=1S/C7H7O2/c1-6(8)4-7-2-3-9-5-7/h2-3,5H,1,4H2. The Hall–Kier alpha value is -1.05. The zero-order chi connectivity index (χ0) is 6.69. The number of furan rings is 1. The van der Waals surface area contributed by atoms with Gasteiger partial charge in [-0.15, -0.1) is 0 Å². The number of hydrogen-bond acceptors (Lipinski definition) is 2. The third-order valence-electron chi connectivity index (χ3n) is 0.981. The Kier molecular flexibility index (Phi) is 1.68. The number of carbonyl (C=O) groups is 1. The molecule has 0 aliphatic heterocycles. The van der Waals surface area contributed by atoms with Crippen LogP contribution in [0.2, 0.25) is 0 Å². The Morgan fingerprint density at radius 1 is 1.78 bits per heavy atom. The molecule has 2 nitrogen and oxygen atoms in total. The Morgan fingerprint density at radius 2 is 2.56 bits per heavy atom. The van der Waals surface area contributed by atoms with E-state index < -0.39 is 0 Å². The van der Waals surface area contributed by atoms with Crippen molar-refractivity contribution in [2.45, 2.75) is 6.42 Å². The van der Waals surface area contributed by atoms with Crippen LogP contribution in [0, 0.1) is 6.92 Å². The number of carbonyl (C=O) groups excluding carboxylic acids is 1. The normalized spacial score (nSPS) is 9.44. The van der Waals surface area contributed by atoms with E-state index in [2.05, 4.69) is 6.92 Å². The van der Waals surface area contributed by atoms with Crippen LogP contribution in [-0.2, 0) is 11.2 Å². The lowest BCUT2D eigenvalue weighted by Gasteiger charge is -1.84. The van der Waals surface area contributed by atoms with Gasteiger partial charge in [-0.1, -0.05) is 0 Å². The molecule has 0 unspecified atom stereocenters. The zero-order valence-corrected chi connectivity index (χ0v) is 4.96. The van der Waals surface area contributed by atoms with E-state index in [1.807, 2.05) is 0 Å². The average Bonchev–Trinajstić information content (AvgIpc) is 2.15. The molecule has 1 radical (unpaired) electrons. The van der Waals surface area contributed by atoms with Gasteiger partial charge in [-0.2, -0.15) is 0 Å². The van der Waals surface area contributed by atoms with Crippen LogP contribution in [0.25, 0.3) is 0 Å². The summed E-state index contributed by atoms with van der Waals surface area (Å²) in [7, 11) is 0. The molecule has 1 aromatic rings. The Bertz CT molecular complexity index is 187. The van der Waals surface area contributed by atoms with Crippen molar-refractivity contribution in [2.24, 2.45) is 0 Å². The largest absolute Gasteiger partial charge is 0.472 e. The first-order valence-corrected chi connectivity index (χ1v) is 2.65. The van der Waals surface area contributed by atoms with Crippen LogP contribution in [0.5, 0.6) is 0 Å². The van der Waals surface area contributed by atoms with Crippen molar-refractivity contribution in [1.82, 2.24) is 0 Å². The van der Waals surface area contributed by atoms with Gasteiger partial charge in [0.15, 0.2) is 0 Å². The number of Topliss-reactive ketones (excluding diaryl/α,β-unsaturated/α-hetero) is 1. The fourth-order valence-electron chi connectivity index (χ4n) is 0.621. The van der Waals surface area contributed by atoms with Gasteiger partial charge in [-0.3, -0.25) is 4.79 Å². The summed E-state index contributed by atoms with van der Waals surface area (Å²) in [5.74, 6) is -0.0867. The fourth-order valence-corrected chi connectivity index (χ4v) is 0.621. The minimum absolute atomic E-state index is 0.0867. The van der Waals surface area contributed by atoms with Crippen molar-refractivity contribution >= 4 is 5.78 Å². The minimum atomic E-state index is -0.0867. The van der Waals surface area contributed by atoms with E-state index in [-0.39, 0.29) is 5.78 Å². The molecule has 9 heavy (non-hydrogen) atoms. The highest BCUT2D eigenvalue weighted by Gasteiger charge is 1.96. The van der Waals surface area contributed by atoms with E-state index in [0.29, 0.717) is 6.42 Å². The van der Waals surface area contributed by atoms with Crippen LogP contribution < -0.4 is 0 Å². The summed E-state index contributed by atoms with van der Waals surface area (Å²) in [6.07, 6.45) is 3.46. The van der Waals surface area contributed by atoms with Crippen LogP contribution in [0.3, 0.4) is 0 Å². The average molecular weight is 123 g/mol. The first-order chi connectivity index (χ1) is 4.29. The molecule has 0 saturated carbocycles. The molecule has 1 rings (SSSR count). The topological polar surface area (TPSA) is 30.2 Å². The fraction of sp³-hybridized carbons (Fsp3) is 0.143. The summed E-state index contributed by atoms with van der Waals surface area (Å²) in [5, 5.41) is 0. The van der Waals surface area contributed by atoms with E-state index in [0.717, 1.165) is 5.56 Å². The molecule has 0 fully saturated rings. The molecule has 0 N–H and O–H groups in total. The predicted molar refractivity (Wildman–Crippen MR) is 32.8 cm³/mol. The summed E-state index contributed by atoms with van der Waals surface area (Å²) < 4.78 is 4.74. The molecule has 2 heteroatoms. The van der Waals surface area contributed by atoms with E-state index in [1.165, 1.54) is 6.26 Å². The van der Waals surface area contributed by atoms with E-state index >= 15 is 0 Å². The Morgan fingerprint density at radius 3 is 3.00 bits per heavy atom. The van der Waals surface area contributed by atoms with Crippen molar-refractivity contribution in [2.75, 3.05) is 0 Å². The molecule has 0 amide bonds. The summed E-state index contributed by atoms with van der Waals surface area (Å²) >= 11 is 0. The molecule has 0 spiro atoms. The number of hydrogen-bond donors (Lipinski definition) is 0. The van der Waals surface area contributed by atoms with Gasteiger partial charge in [0.2, 0.25) is 0 Å². The second-order valence-corrected chi connectivity index (χ2v) is 1.85. The second-order valence-electron chi connectivity index (χ2n) is 1.85. The first kappa shape index (κ1) is 6.08. The lowest BCUT2D eigenvalue weighted by molar-refractivity contribution is -0.114. The van der Waals surface area contributed by atoms with Gasteiger partial charge in [-0.05, 0) is 11.6 Å². The maximum absolute atomic E-state index is 10.4. The summed E-state index contributed by atoms with van der Waals surface area (Å²) in [6, 6.07) is 1.75. The quantitative estimate of drug-likeness (QED) is 0.592. The van der Waals surface area contributed by atoms with Gasteiger partial charge in [0.05, 0.1) is 12.5 Å². The zero-order valence-electron chi connectivity index (χ0n) is 4.96. The van der Waals surface area contributed by atoms with Gasteiger partial charge in [0.25, 0.3) is 0 Å². The van der Waals surface area contributed by atoms with Crippen molar-refractivity contribution in [3.8, 4) is 0 Å². The third-order valence-corrected chi connectivity index (χ3v) is 0.981. The lowest BCUT2D eigenvalue weighted by Crippen LogP contribution is -1.93. The highest BCUT2D eigenvalue weighted by molar-refractivity contribution is 5.84. The van der Waals surface area contributed by atoms with Gasteiger partial charge in [0, 0.05) is 13.3 Å². The maximum Gasteiger partial charge on any atom is 0.137 e. The van der Waals surface area contributed by atoms with Gasteiger partial charge in [0.1, 0.15) is 5.78 Å². The molecule has 47 valence electrons. The molecule has 0 aromatic carbocycles. The second kappa shape index (κ2) is 2.49. The molecule has 1 heterocycles. The van der Waals surface area contributed by atoms with E-state index in [1.54, 1.807) is 12.3 Å². The molecule has 0 atom stereocenters. The Balaban J connectivity index is 2.58. The smallest absolute Gasteiger partial charge is 0.137 e.